The zero-order valence-electron chi connectivity index (χ0n) is 18.3. The summed E-state index contributed by atoms with van der Waals surface area (Å²) in [6, 6.07) is 3.37. The van der Waals surface area contributed by atoms with Crippen molar-refractivity contribution in [3.05, 3.63) is 58.9 Å². The van der Waals surface area contributed by atoms with E-state index in [-0.39, 0.29) is 29.5 Å². The molecule has 2 N–H and O–H groups in total. The van der Waals surface area contributed by atoms with Gasteiger partial charge in [0.1, 0.15) is 17.6 Å². The number of nitrogens with two attached hydrogens (primary N) is 1. The number of alkyl halides is 2. The molecule has 0 unspecified atom stereocenters. The lowest BCUT2D eigenvalue weighted by atomic mass is 9.83. The lowest BCUT2D eigenvalue weighted by Crippen LogP contribution is -2.43. The summed E-state index contributed by atoms with van der Waals surface area (Å²) in [7, 11) is 0. The zero-order chi connectivity index (χ0) is 23.9. The second-order valence-corrected chi connectivity index (χ2v) is 8.98. The second-order valence-electron chi connectivity index (χ2n) is 8.98. The first-order valence-electron chi connectivity index (χ1n) is 11.3. The van der Waals surface area contributed by atoms with Crippen LogP contribution >= 0.6 is 0 Å². The van der Waals surface area contributed by atoms with E-state index in [1.54, 1.807) is 6.20 Å². The summed E-state index contributed by atoms with van der Waals surface area (Å²) >= 11 is 0. The number of aryl methyl sites for hydroxylation is 1. The molecule has 176 valence electrons. The molecule has 2 fully saturated rings. The second kappa shape index (κ2) is 8.75. The summed E-state index contributed by atoms with van der Waals surface area (Å²) in [5.41, 5.74) is 4.47. The summed E-state index contributed by atoms with van der Waals surface area (Å²) < 4.78 is 48.5. The molecule has 0 amide bonds. The Bertz CT molecular complexity index is 1200. The average molecular weight is 468 g/mol. The molecular formula is C25H23F3N4O2. The molecule has 3 atom stereocenters. The maximum atomic E-state index is 14.8. The van der Waals surface area contributed by atoms with Crippen molar-refractivity contribution in [1.82, 2.24) is 9.97 Å². The van der Waals surface area contributed by atoms with Crippen molar-refractivity contribution < 1.29 is 22.7 Å². The molecule has 1 aromatic heterocycles. The standard InChI is InChI=1S/C25H23F3N4O2/c26-19-8-7-15(9-17(19)25(23(27)28)18-11-22(18)34-24(29)32-25)10-21(33)20-13-30-16(12-31-20)4-2-1-3-14-5-6-14/h7-9,12-14,18,22-23H,2,4-6,10-11H2,(H2,29,32)/t18-,22+,25+/m0/s1. The number of carbonyl (C=O) groups excluding carboxylic acids is 1. The van der Waals surface area contributed by atoms with Crippen LogP contribution in [-0.2, 0) is 23.1 Å². The number of ether oxygens (including phenoxy) is 1. The fourth-order valence-electron chi connectivity index (χ4n) is 4.33. The number of Topliss-reactive ketones (excluding diaryl/α,β-unsaturated/α-hetero) is 1. The van der Waals surface area contributed by atoms with Crippen molar-refractivity contribution in [2.24, 2.45) is 22.6 Å². The highest BCUT2D eigenvalue weighted by atomic mass is 19.3. The Labute approximate surface area is 194 Å². The number of amidine groups is 1. The van der Waals surface area contributed by atoms with Gasteiger partial charge in [-0.15, -0.1) is 5.92 Å². The van der Waals surface area contributed by atoms with Gasteiger partial charge in [-0.1, -0.05) is 12.0 Å². The Morgan fingerprint density at radius 2 is 2.09 bits per heavy atom. The monoisotopic (exact) mass is 468 g/mol. The topological polar surface area (TPSA) is 90.5 Å². The Kier molecular flexibility index (Phi) is 5.76. The molecule has 34 heavy (non-hydrogen) atoms. The molecule has 1 aliphatic heterocycles. The minimum absolute atomic E-state index is 0.142. The smallest absolute Gasteiger partial charge is 0.283 e. The summed E-state index contributed by atoms with van der Waals surface area (Å²) in [4.78, 5) is 25.1. The van der Waals surface area contributed by atoms with Crippen molar-refractivity contribution in [3.8, 4) is 11.8 Å². The maximum absolute atomic E-state index is 14.8. The molecule has 2 heterocycles. The lowest BCUT2D eigenvalue weighted by molar-refractivity contribution is 0.0176. The third-order valence-corrected chi connectivity index (χ3v) is 6.40. The number of halogens is 3. The molecule has 0 saturated heterocycles. The first-order valence-corrected chi connectivity index (χ1v) is 11.3. The first kappa shape index (κ1) is 22.4. The van der Waals surface area contributed by atoms with Crippen molar-refractivity contribution in [2.75, 3.05) is 0 Å². The Morgan fingerprint density at radius 3 is 2.79 bits per heavy atom. The van der Waals surface area contributed by atoms with E-state index in [2.05, 4.69) is 26.8 Å². The van der Waals surface area contributed by atoms with Gasteiger partial charge in [-0.2, -0.15) is 0 Å². The fraction of sp³-hybridized carbons (Fsp3) is 0.440. The van der Waals surface area contributed by atoms with Gasteiger partial charge in [0, 0.05) is 42.9 Å². The highest BCUT2D eigenvalue weighted by molar-refractivity contribution is 5.95. The van der Waals surface area contributed by atoms with Gasteiger partial charge < -0.3 is 10.5 Å². The number of ketones is 1. The van der Waals surface area contributed by atoms with E-state index in [1.807, 2.05) is 0 Å². The quantitative estimate of drug-likeness (QED) is 0.496. The molecule has 5 rings (SSSR count). The largest absolute Gasteiger partial charge is 0.462 e. The highest BCUT2D eigenvalue weighted by Crippen LogP contribution is 2.56. The van der Waals surface area contributed by atoms with E-state index < -0.39 is 29.8 Å². The Balaban J connectivity index is 1.31. The van der Waals surface area contributed by atoms with Crippen LogP contribution in [0.25, 0.3) is 0 Å². The summed E-state index contributed by atoms with van der Waals surface area (Å²) in [5.74, 6) is 5.02. The number of benzene rings is 1. The number of hydrogen-bond donors (Lipinski definition) is 1. The van der Waals surface area contributed by atoms with Gasteiger partial charge >= 0.3 is 0 Å². The molecule has 2 aromatic rings. The molecule has 0 bridgehead atoms. The zero-order valence-corrected chi connectivity index (χ0v) is 18.3. The van der Waals surface area contributed by atoms with Crippen molar-refractivity contribution >= 4 is 11.8 Å². The third kappa shape index (κ3) is 4.37. The molecule has 0 spiro atoms. The van der Waals surface area contributed by atoms with Crippen LogP contribution in [0.3, 0.4) is 0 Å². The maximum Gasteiger partial charge on any atom is 0.283 e. The Hall–Kier alpha value is -3.41. The van der Waals surface area contributed by atoms with Crippen molar-refractivity contribution in [2.45, 2.75) is 56.6 Å². The SMILES string of the molecule is NC1=N[C@@](c2cc(CC(=O)c3cnc(CCC#CC4CC4)cn3)ccc2F)(C(F)F)[C@H]2C[C@H]2O1. The summed E-state index contributed by atoms with van der Waals surface area (Å²) in [6.45, 7) is 0. The van der Waals surface area contributed by atoms with Crippen molar-refractivity contribution in [1.29, 1.82) is 0 Å². The van der Waals surface area contributed by atoms with Crippen LogP contribution in [0.4, 0.5) is 13.2 Å². The molecular weight excluding hydrogens is 445 g/mol. The average Bonchev–Trinajstić information content (AvgIpc) is 3.73. The number of hydrogen-bond acceptors (Lipinski definition) is 6. The number of aromatic nitrogens is 2. The van der Waals surface area contributed by atoms with Crippen LogP contribution < -0.4 is 5.73 Å². The molecule has 2 saturated carbocycles. The first-order chi connectivity index (χ1) is 16.4. The van der Waals surface area contributed by atoms with Crippen molar-refractivity contribution in [3.63, 3.8) is 0 Å². The minimum Gasteiger partial charge on any atom is -0.462 e. The van der Waals surface area contributed by atoms with Gasteiger partial charge in [-0.25, -0.2) is 23.1 Å². The molecule has 1 aromatic carbocycles. The number of fused-ring (bicyclic) bond motifs is 1. The van der Waals surface area contributed by atoms with Gasteiger partial charge in [-0.05, 0) is 37.0 Å². The van der Waals surface area contributed by atoms with Crippen LogP contribution in [0.5, 0.6) is 0 Å². The van der Waals surface area contributed by atoms with Crippen LogP contribution in [0.2, 0.25) is 0 Å². The van der Waals surface area contributed by atoms with Crippen LogP contribution in [0.1, 0.15) is 53.0 Å². The number of carbonyl (C=O) groups is 1. The van der Waals surface area contributed by atoms with Gasteiger partial charge in [-0.3, -0.25) is 9.78 Å². The lowest BCUT2D eigenvalue weighted by Gasteiger charge is -2.33. The van der Waals surface area contributed by atoms with E-state index >= 15 is 0 Å². The van der Waals surface area contributed by atoms with Gasteiger partial charge in [0.05, 0.1) is 11.9 Å². The molecule has 9 heteroatoms. The van der Waals surface area contributed by atoms with E-state index in [1.165, 1.54) is 31.2 Å². The van der Waals surface area contributed by atoms with E-state index in [0.717, 1.165) is 11.8 Å². The molecule has 3 aliphatic rings. The minimum atomic E-state index is -2.99. The fourth-order valence-corrected chi connectivity index (χ4v) is 4.33. The van der Waals surface area contributed by atoms with Crippen LogP contribution in [0.15, 0.2) is 35.6 Å². The number of rotatable bonds is 7. The molecule has 0 radical (unpaired) electrons. The molecule has 2 aliphatic carbocycles. The predicted molar refractivity (Wildman–Crippen MR) is 118 cm³/mol. The van der Waals surface area contributed by atoms with E-state index in [4.69, 9.17) is 10.5 Å². The highest BCUT2D eigenvalue weighted by Gasteiger charge is 2.64. The summed E-state index contributed by atoms with van der Waals surface area (Å²) in [6.07, 6.45) is 3.30. The predicted octanol–water partition coefficient (Wildman–Crippen LogP) is 3.58. The van der Waals surface area contributed by atoms with E-state index in [9.17, 15) is 18.0 Å². The summed E-state index contributed by atoms with van der Waals surface area (Å²) in [5, 5.41) is 0. The number of nitrogens with zero attached hydrogens (tertiary/aromatic N) is 3. The normalized spacial score (nSPS) is 25.0. The third-order valence-electron chi connectivity index (χ3n) is 6.40. The molecule has 6 nitrogen and oxygen atoms in total. The van der Waals surface area contributed by atoms with Crippen LogP contribution in [0, 0.1) is 29.5 Å². The van der Waals surface area contributed by atoms with Gasteiger partial charge in [0.15, 0.2) is 11.3 Å². The van der Waals surface area contributed by atoms with E-state index in [0.29, 0.717) is 30.7 Å². The number of aliphatic imine (C=N–C) groups is 1. The van der Waals surface area contributed by atoms with Gasteiger partial charge in [0.2, 0.25) is 0 Å². The van der Waals surface area contributed by atoms with Gasteiger partial charge in [0.25, 0.3) is 12.4 Å². The van der Waals surface area contributed by atoms with Crippen LogP contribution in [-0.4, -0.2) is 34.3 Å². The Morgan fingerprint density at radius 1 is 1.26 bits per heavy atom.